The Morgan fingerprint density at radius 1 is 1.00 bits per heavy atom. The van der Waals surface area contributed by atoms with Crippen molar-refractivity contribution in [3.8, 4) is 11.1 Å². The Kier molecular flexibility index (Phi) is 4.67. The van der Waals surface area contributed by atoms with Crippen LogP contribution in [0.1, 0.15) is 0 Å². The van der Waals surface area contributed by atoms with Crippen LogP contribution in [0.25, 0.3) is 11.1 Å². The molecule has 2 rings (SSSR count). The number of carboxylic acid groups (broad SMARTS) is 1. The highest BCUT2D eigenvalue weighted by molar-refractivity contribution is 6.42. The lowest BCUT2D eigenvalue weighted by molar-refractivity contribution is 0.194. The molecule has 0 atom stereocenters. The van der Waals surface area contributed by atoms with Crippen molar-refractivity contribution < 1.29 is 14.7 Å². The molecule has 0 saturated carbocycles. The van der Waals surface area contributed by atoms with Crippen LogP contribution in [-0.4, -0.2) is 17.2 Å². The van der Waals surface area contributed by atoms with E-state index in [4.69, 9.17) is 28.3 Å². The summed E-state index contributed by atoms with van der Waals surface area (Å²) in [6.45, 7) is 0. The predicted molar refractivity (Wildman–Crippen MR) is 82.1 cm³/mol. The van der Waals surface area contributed by atoms with Crippen LogP contribution in [0.2, 0.25) is 10.0 Å². The van der Waals surface area contributed by atoms with Gasteiger partial charge in [-0.15, -0.1) is 0 Å². The highest BCUT2D eigenvalue weighted by Crippen LogP contribution is 2.32. The van der Waals surface area contributed by atoms with Crippen molar-refractivity contribution in [1.82, 2.24) is 5.32 Å². The molecular formula is C14H10Cl2N2O3. The number of amides is 3. The maximum absolute atomic E-state index is 11.5. The zero-order chi connectivity index (χ0) is 15.4. The highest BCUT2D eigenvalue weighted by Gasteiger charge is 2.11. The first-order valence-corrected chi connectivity index (χ1v) is 6.58. The van der Waals surface area contributed by atoms with Gasteiger partial charge in [-0.2, -0.15) is 0 Å². The van der Waals surface area contributed by atoms with E-state index in [-0.39, 0.29) is 0 Å². The molecule has 0 unspecified atom stereocenters. The number of hydrogen-bond donors (Lipinski definition) is 3. The zero-order valence-electron chi connectivity index (χ0n) is 10.6. The van der Waals surface area contributed by atoms with E-state index in [0.717, 1.165) is 5.56 Å². The maximum atomic E-state index is 11.5. The topological polar surface area (TPSA) is 78.4 Å². The van der Waals surface area contributed by atoms with Crippen molar-refractivity contribution in [3.63, 3.8) is 0 Å². The van der Waals surface area contributed by atoms with Crippen molar-refractivity contribution in [2.45, 2.75) is 0 Å². The molecule has 0 saturated heterocycles. The molecule has 0 aliphatic rings. The molecule has 2 aromatic carbocycles. The molecule has 5 nitrogen and oxygen atoms in total. The normalized spacial score (nSPS) is 10.0. The highest BCUT2D eigenvalue weighted by atomic mass is 35.5. The van der Waals surface area contributed by atoms with Crippen molar-refractivity contribution >= 4 is 41.0 Å². The Morgan fingerprint density at radius 2 is 1.71 bits per heavy atom. The Bertz CT molecular complexity index is 704. The lowest BCUT2D eigenvalue weighted by atomic mass is 10.0. The fourth-order valence-corrected chi connectivity index (χ4v) is 2.06. The number of halogens is 2. The molecular weight excluding hydrogens is 315 g/mol. The molecule has 0 fully saturated rings. The van der Waals surface area contributed by atoms with E-state index in [2.05, 4.69) is 5.32 Å². The first kappa shape index (κ1) is 15.2. The van der Waals surface area contributed by atoms with Crippen LogP contribution < -0.4 is 10.6 Å². The summed E-state index contributed by atoms with van der Waals surface area (Å²) in [5.74, 6) is 0. The minimum absolute atomic E-state index is 0.388. The second kappa shape index (κ2) is 6.47. The van der Waals surface area contributed by atoms with E-state index in [1.165, 1.54) is 0 Å². The summed E-state index contributed by atoms with van der Waals surface area (Å²) in [6, 6.07) is 11.2. The van der Waals surface area contributed by atoms with Gasteiger partial charge in [-0.3, -0.25) is 0 Å². The van der Waals surface area contributed by atoms with Gasteiger partial charge in [0, 0.05) is 5.56 Å². The van der Waals surface area contributed by atoms with E-state index < -0.39 is 12.1 Å². The van der Waals surface area contributed by atoms with Gasteiger partial charge < -0.3 is 10.4 Å². The van der Waals surface area contributed by atoms with Crippen molar-refractivity contribution in [3.05, 3.63) is 52.5 Å². The number of imide groups is 1. The van der Waals surface area contributed by atoms with Gasteiger partial charge in [0.05, 0.1) is 15.7 Å². The minimum atomic E-state index is -1.43. The third-order valence-electron chi connectivity index (χ3n) is 2.63. The predicted octanol–water partition coefficient (Wildman–Crippen LogP) is 4.46. The van der Waals surface area contributed by atoms with Crippen LogP contribution in [0.15, 0.2) is 42.5 Å². The molecule has 108 valence electrons. The third-order valence-corrected chi connectivity index (χ3v) is 3.37. The van der Waals surface area contributed by atoms with Crippen LogP contribution in [0.5, 0.6) is 0 Å². The first-order chi connectivity index (χ1) is 9.97. The summed E-state index contributed by atoms with van der Waals surface area (Å²) < 4.78 is 0. The molecule has 0 aromatic heterocycles. The Morgan fingerprint density at radius 3 is 2.38 bits per heavy atom. The van der Waals surface area contributed by atoms with Crippen molar-refractivity contribution in [1.29, 1.82) is 0 Å². The van der Waals surface area contributed by atoms with Gasteiger partial charge in [0.2, 0.25) is 0 Å². The van der Waals surface area contributed by atoms with Gasteiger partial charge in [-0.25, -0.2) is 14.9 Å². The number of carbonyl (C=O) groups is 2. The molecule has 2 aromatic rings. The second-order valence-corrected chi connectivity index (χ2v) is 4.87. The summed E-state index contributed by atoms with van der Waals surface area (Å²) in [6.07, 6.45) is -1.43. The van der Waals surface area contributed by atoms with Crippen LogP contribution in [0, 0.1) is 0 Å². The summed E-state index contributed by atoms with van der Waals surface area (Å²) in [5, 5.41) is 13.5. The molecule has 21 heavy (non-hydrogen) atoms. The lowest BCUT2D eigenvalue weighted by Crippen LogP contribution is -2.33. The Hall–Kier alpha value is -2.24. The molecule has 0 spiro atoms. The number of hydrogen-bond acceptors (Lipinski definition) is 2. The molecule has 0 aliphatic carbocycles. The van der Waals surface area contributed by atoms with E-state index >= 15 is 0 Å². The number of nitrogens with one attached hydrogen (secondary N) is 2. The lowest BCUT2D eigenvalue weighted by Gasteiger charge is -2.11. The molecule has 3 N–H and O–H groups in total. The number of rotatable bonds is 2. The van der Waals surface area contributed by atoms with E-state index in [9.17, 15) is 9.59 Å². The monoisotopic (exact) mass is 324 g/mol. The average Bonchev–Trinajstić information content (AvgIpc) is 2.41. The van der Waals surface area contributed by atoms with Gasteiger partial charge in [-0.1, -0.05) is 47.5 Å². The van der Waals surface area contributed by atoms with Crippen LogP contribution >= 0.6 is 23.2 Å². The fraction of sp³-hybridized carbons (Fsp3) is 0. The van der Waals surface area contributed by atoms with Gasteiger partial charge >= 0.3 is 12.1 Å². The number of benzene rings is 2. The van der Waals surface area contributed by atoms with Gasteiger partial charge in [-0.05, 0) is 23.8 Å². The van der Waals surface area contributed by atoms with Crippen LogP contribution in [0.4, 0.5) is 15.3 Å². The largest absolute Gasteiger partial charge is 0.465 e. The number of urea groups is 1. The molecule has 0 aliphatic heterocycles. The molecule has 0 bridgehead atoms. The van der Waals surface area contributed by atoms with E-state index in [1.54, 1.807) is 47.8 Å². The molecule has 3 amide bonds. The average molecular weight is 325 g/mol. The SMILES string of the molecule is O=C(O)NC(=O)Nc1ccccc1-c1ccc(Cl)c(Cl)c1. The smallest absolute Gasteiger partial charge is 0.412 e. The van der Waals surface area contributed by atoms with Gasteiger partial charge in [0.25, 0.3) is 0 Å². The fourth-order valence-electron chi connectivity index (χ4n) is 1.76. The quantitative estimate of drug-likeness (QED) is 0.763. The molecule has 7 heteroatoms. The van der Waals surface area contributed by atoms with Crippen molar-refractivity contribution in [2.75, 3.05) is 5.32 Å². The number of carbonyl (C=O) groups excluding carboxylic acids is 1. The minimum Gasteiger partial charge on any atom is -0.465 e. The maximum Gasteiger partial charge on any atom is 0.412 e. The van der Waals surface area contributed by atoms with Crippen LogP contribution in [0.3, 0.4) is 0 Å². The van der Waals surface area contributed by atoms with Gasteiger partial charge in [0.15, 0.2) is 0 Å². The Balaban J connectivity index is 2.34. The standard InChI is InChI=1S/C14H10Cl2N2O3/c15-10-6-5-8(7-11(10)16)9-3-1-2-4-12(9)17-13(19)18-14(20)21/h1-7H,(H,20,21)(H2,17,18,19). The van der Waals surface area contributed by atoms with Gasteiger partial charge in [0.1, 0.15) is 0 Å². The summed E-state index contributed by atoms with van der Waals surface area (Å²) >= 11 is 11.9. The van der Waals surface area contributed by atoms with E-state index in [1.807, 2.05) is 0 Å². The second-order valence-electron chi connectivity index (χ2n) is 4.06. The first-order valence-electron chi connectivity index (χ1n) is 5.83. The molecule has 0 radical (unpaired) electrons. The Labute approximate surface area is 130 Å². The van der Waals surface area contributed by atoms with Crippen molar-refractivity contribution in [2.24, 2.45) is 0 Å². The number of anilines is 1. The summed E-state index contributed by atoms with van der Waals surface area (Å²) in [5.41, 5.74) is 1.89. The zero-order valence-corrected chi connectivity index (χ0v) is 12.1. The number of para-hydroxylation sites is 1. The van der Waals surface area contributed by atoms with E-state index in [0.29, 0.717) is 21.3 Å². The molecule has 0 heterocycles. The third kappa shape index (κ3) is 3.87. The van der Waals surface area contributed by atoms with Crippen LogP contribution in [-0.2, 0) is 0 Å². The summed E-state index contributed by atoms with van der Waals surface area (Å²) in [4.78, 5) is 21.9. The summed E-state index contributed by atoms with van der Waals surface area (Å²) in [7, 11) is 0.